The summed E-state index contributed by atoms with van der Waals surface area (Å²) in [7, 11) is 0. The molecule has 0 spiro atoms. The fourth-order valence-corrected chi connectivity index (χ4v) is 2.38. The van der Waals surface area contributed by atoms with Crippen LogP contribution in [-0.4, -0.2) is 5.78 Å². The van der Waals surface area contributed by atoms with Crippen LogP contribution in [-0.2, 0) is 5.88 Å². The SMILES string of the molecule is Cc1cc(C)c(C(=O)c2ccc(CCl)o2)c(C)c1. The van der Waals surface area contributed by atoms with E-state index in [0.29, 0.717) is 11.5 Å². The van der Waals surface area contributed by atoms with Gasteiger partial charge in [-0.3, -0.25) is 4.79 Å². The third-order valence-corrected chi connectivity index (χ3v) is 3.18. The van der Waals surface area contributed by atoms with Crippen LogP contribution in [0.3, 0.4) is 0 Å². The van der Waals surface area contributed by atoms with Gasteiger partial charge in [-0.15, -0.1) is 11.6 Å². The van der Waals surface area contributed by atoms with Gasteiger partial charge in [0.1, 0.15) is 5.76 Å². The Bertz CT molecular complexity index is 573. The van der Waals surface area contributed by atoms with Crippen LogP contribution in [0, 0.1) is 20.8 Å². The standard InChI is InChI=1S/C15H15ClO2/c1-9-6-10(2)14(11(3)7-9)15(17)13-5-4-12(8-16)18-13/h4-7H,8H2,1-3H3. The minimum atomic E-state index is -0.0821. The lowest BCUT2D eigenvalue weighted by Crippen LogP contribution is -2.05. The quantitative estimate of drug-likeness (QED) is 0.614. The molecule has 18 heavy (non-hydrogen) atoms. The molecule has 0 radical (unpaired) electrons. The summed E-state index contributed by atoms with van der Waals surface area (Å²) >= 11 is 5.67. The Balaban J connectivity index is 2.46. The molecule has 0 aliphatic heterocycles. The first-order valence-electron chi connectivity index (χ1n) is 5.80. The molecule has 0 fully saturated rings. The summed E-state index contributed by atoms with van der Waals surface area (Å²) in [4.78, 5) is 12.4. The van der Waals surface area contributed by atoms with E-state index < -0.39 is 0 Å². The number of carbonyl (C=O) groups is 1. The smallest absolute Gasteiger partial charge is 0.228 e. The normalized spacial score (nSPS) is 10.7. The van der Waals surface area contributed by atoms with Crippen molar-refractivity contribution < 1.29 is 9.21 Å². The van der Waals surface area contributed by atoms with Crippen LogP contribution in [0.1, 0.15) is 38.6 Å². The zero-order valence-corrected chi connectivity index (χ0v) is 11.5. The number of ketones is 1. The largest absolute Gasteiger partial charge is 0.456 e. The van der Waals surface area contributed by atoms with Crippen molar-refractivity contribution in [2.45, 2.75) is 26.7 Å². The average Bonchev–Trinajstić information content (AvgIpc) is 2.75. The first-order chi connectivity index (χ1) is 8.52. The molecule has 0 bridgehead atoms. The van der Waals surface area contributed by atoms with Crippen molar-refractivity contribution in [2.75, 3.05) is 0 Å². The highest BCUT2D eigenvalue weighted by atomic mass is 35.5. The minimum Gasteiger partial charge on any atom is -0.456 e. The highest BCUT2D eigenvalue weighted by molar-refractivity contribution is 6.17. The molecule has 94 valence electrons. The zero-order valence-electron chi connectivity index (χ0n) is 10.7. The topological polar surface area (TPSA) is 30.2 Å². The van der Waals surface area contributed by atoms with Gasteiger partial charge in [-0.2, -0.15) is 0 Å². The summed E-state index contributed by atoms with van der Waals surface area (Å²) in [6.07, 6.45) is 0. The van der Waals surface area contributed by atoms with Gasteiger partial charge in [-0.25, -0.2) is 0 Å². The fraction of sp³-hybridized carbons (Fsp3) is 0.267. The Hall–Kier alpha value is -1.54. The van der Waals surface area contributed by atoms with Crippen molar-refractivity contribution >= 4 is 17.4 Å². The van der Waals surface area contributed by atoms with Crippen LogP contribution in [0.25, 0.3) is 0 Å². The first-order valence-corrected chi connectivity index (χ1v) is 6.33. The Labute approximate surface area is 112 Å². The monoisotopic (exact) mass is 262 g/mol. The van der Waals surface area contributed by atoms with Crippen molar-refractivity contribution in [3.63, 3.8) is 0 Å². The van der Waals surface area contributed by atoms with Crippen molar-refractivity contribution in [3.05, 3.63) is 58.0 Å². The molecule has 1 aromatic carbocycles. The molecule has 0 amide bonds. The van der Waals surface area contributed by atoms with Crippen LogP contribution in [0.5, 0.6) is 0 Å². The lowest BCUT2D eigenvalue weighted by atomic mass is 9.96. The lowest BCUT2D eigenvalue weighted by Gasteiger charge is -2.08. The van der Waals surface area contributed by atoms with Gasteiger partial charge in [0.15, 0.2) is 5.76 Å². The van der Waals surface area contributed by atoms with E-state index in [4.69, 9.17) is 16.0 Å². The number of rotatable bonds is 3. The van der Waals surface area contributed by atoms with Crippen LogP contribution in [0.2, 0.25) is 0 Å². The summed E-state index contributed by atoms with van der Waals surface area (Å²) in [5.74, 6) is 1.16. The number of furan rings is 1. The molecular weight excluding hydrogens is 248 g/mol. The summed E-state index contributed by atoms with van der Waals surface area (Å²) in [6, 6.07) is 7.43. The van der Waals surface area contributed by atoms with E-state index in [-0.39, 0.29) is 11.7 Å². The molecule has 0 saturated heterocycles. The molecular formula is C15H15ClO2. The molecule has 1 aromatic heterocycles. The van der Waals surface area contributed by atoms with Crippen molar-refractivity contribution in [1.82, 2.24) is 0 Å². The lowest BCUT2D eigenvalue weighted by molar-refractivity contribution is 0.101. The Morgan fingerprint density at radius 3 is 2.28 bits per heavy atom. The van der Waals surface area contributed by atoms with Gasteiger partial charge in [0.25, 0.3) is 0 Å². The van der Waals surface area contributed by atoms with Gasteiger partial charge in [-0.1, -0.05) is 17.7 Å². The van der Waals surface area contributed by atoms with E-state index in [9.17, 15) is 4.79 Å². The maximum atomic E-state index is 12.4. The molecule has 0 N–H and O–H groups in total. The highest BCUT2D eigenvalue weighted by Gasteiger charge is 2.18. The van der Waals surface area contributed by atoms with Crippen molar-refractivity contribution in [1.29, 1.82) is 0 Å². The third-order valence-electron chi connectivity index (χ3n) is 2.92. The minimum absolute atomic E-state index is 0.0821. The molecule has 0 aliphatic carbocycles. The fourth-order valence-electron chi connectivity index (χ4n) is 2.23. The Morgan fingerprint density at radius 2 is 1.78 bits per heavy atom. The Kier molecular flexibility index (Phi) is 3.58. The number of aryl methyl sites for hydroxylation is 3. The molecule has 0 saturated carbocycles. The number of hydrogen-bond acceptors (Lipinski definition) is 2. The maximum Gasteiger partial charge on any atom is 0.228 e. The van der Waals surface area contributed by atoms with Gasteiger partial charge >= 0.3 is 0 Å². The number of alkyl halides is 1. The highest BCUT2D eigenvalue weighted by Crippen LogP contribution is 2.21. The molecule has 2 nitrogen and oxygen atoms in total. The second-order valence-electron chi connectivity index (χ2n) is 4.50. The predicted octanol–water partition coefficient (Wildman–Crippen LogP) is 4.17. The van der Waals surface area contributed by atoms with E-state index in [1.165, 1.54) is 0 Å². The van der Waals surface area contributed by atoms with Gasteiger partial charge in [0.05, 0.1) is 5.88 Å². The number of benzene rings is 1. The van der Waals surface area contributed by atoms with Gasteiger partial charge in [0.2, 0.25) is 5.78 Å². The second kappa shape index (κ2) is 4.99. The van der Waals surface area contributed by atoms with Crippen molar-refractivity contribution in [3.8, 4) is 0 Å². The molecule has 0 aliphatic rings. The van der Waals surface area contributed by atoms with Crippen LogP contribution < -0.4 is 0 Å². The number of halogens is 1. The summed E-state index contributed by atoms with van der Waals surface area (Å²) in [5, 5.41) is 0. The van der Waals surface area contributed by atoms with Gasteiger partial charge in [-0.05, 0) is 44.0 Å². The molecule has 0 unspecified atom stereocenters. The first kappa shape index (κ1) is 12.9. The van der Waals surface area contributed by atoms with Crippen LogP contribution in [0.4, 0.5) is 0 Å². The van der Waals surface area contributed by atoms with Crippen molar-refractivity contribution in [2.24, 2.45) is 0 Å². The van der Waals surface area contributed by atoms with Crippen LogP contribution >= 0.6 is 11.6 Å². The molecule has 3 heteroatoms. The van der Waals surface area contributed by atoms with E-state index in [1.807, 2.05) is 32.9 Å². The van der Waals surface area contributed by atoms with E-state index in [2.05, 4.69) is 0 Å². The second-order valence-corrected chi connectivity index (χ2v) is 4.77. The van der Waals surface area contributed by atoms with Gasteiger partial charge < -0.3 is 4.42 Å². The molecule has 0 atom stereocenters. The average molecular weight is 263 g/mol. The molecule has 1 heterocycles. The van der Waals surface area contributed by atoms with Gasteiger partial charge in [0, 0.05) is 5.56 Å². The number of carbonyl (C=O) groups excluding carboxylic acids is 1. The van der Waals surface area contributed by atoms with E-state index >= 15 is 0 Å². The van der Waals surface area contributed by atoms with E-state index in [0.717, 1.165) is 22.3 Å². The summed E-state index contributed by atoms with van der Waals surface area (Å²) in [5.41, 5.74) is 3.82. The summed E-state index contributed by atoms with van der Waals surface area (Å²) in [6.45, 7) is 5.91. The van der Waals surface area contributed by atoms with E-state index in [1.54, 1.807) is 12.1 Å². The molecule has 2 rings (SSSR count). The van der Waals surface area contributed by atoms with Crippen LogP contribution in [0.15, 0.2) is 28.7 Å². The number of hydrogen-bond donors (Lipinski definition) is 0. The predicted molar refractivity (Wildman–Crippen MR) is 72.4 cm³/mol. The Morgan fingerprint density at radius 1 is 1.17 bits per heavy atom. The summed E-state index contributed by atoms with van der Waals surface area (Å²) < 4.78 is 5.41. The third kappa shape index (κ3) is 2.34. The zero-order chi connectivity index (χ0) is 13.3. The maximum absolute atomic E-state index is 12.4. The molecule has 2 aromatic rings.